The number of nitrogens with zero attached hydrogens (tertiary/aromatic N) is 3. The summed E-state index contributed by atoms with van der Waals surface area (Å²) in [6, 6.07) is 0. The van der Waals surface area contributed by atoms with Gasteiger partial charge in [0.05, 0.1) is 24.3 Å². The second kappa shape index (κ2) is 4.36. The van der Waals surface area contributed by atoms with Gasteiger partial charge in [-0.1, -0.05) is 13.3 Å². The van der Waals surface area contributed by atoms with Crippen LogP contribution in [0.5, 0.6) is 0 Å². The summed E-state index contributed by atoms with van der Waals surface area (Å²) in [5.74, 6) is 1.28. The van der Waals surface area contributed by atoms with Crippen LogP contribution in [-0.4, -0.2) is 33.0 Å². The highest BCUT2D eigenvalue weighted by Crippen LogP contribution is 2.40. The van der Waals surface area contributed by atoms with E-state index < -0.39 is 0 Å². The molecule has 1 amide bonds. The summed E-state index contributed by atoms with van der Waals surface area (Å²) in [5, 5.41) is 12.4. The number of piperidine rings is 1. The van der Waals surface area contributed by atoms with Gasteiger partial charge in [-0.25, -0.2) is 0 Å². The number of fused-ring (bicyclic) bond motifs is 4. The minimum absolute atomic E-state index is 0.125. The van der Waals surface area contributed by atoms with E-state index in [0.29, 0.717) is 24.2 Å². The predicted octanol–water partition coefficient (Wildman–Crippen LogP) is 0.675. The van der Waals surface area contributed by atoms with Gasteiger partial charge in [0, 0.05) is 24.4 Å². The Morgan fingerprint density at radius 3 is 3.11 bits per heavy atom. The zero-order chi connectivity index (χ0) is 13.6. The third-order valence-corrected chi connectivity index (χ3v) is 4.37. The second-order valence-corrected chi connectivity index (χ2v) is 5.48. The molecule has 1 fully saturated rings. The number of hydrogen-bond acceptors (Lipinski definition) is 3. The van der Waals surface area contributed by atoms with Crippen molar-refractivity contribution in [2.24, 2.45) is 11.7 Å². The van der Waals surface area contributed by atoms with Crippen molar-refractivity contribution >= 4 is 11.7 Å². The standard InChI is InChI=1S/C13H19N5O/c1-2-8-3-12(14)17-5-10(8)9-4-16-18(7-13(15)19)11(9)6-17/h4,8,10,14H,2-3,5-7H2,1H3,(H2,15,19). The van der Waals surface area contributed by atoms with Crippen molar-refractivity contribution in [2.45, 2.75) is 38.8 Å². The Bertz CT molecular complexity index is 535. The molecule has 2 atom stereocenters. The molecule has 0 radical (unpaired) electrons. The summed E-state index contributed by atoms with van der Waals surface area (Å²) in [5.41, 5.74) is 7.56. The number of rotatable bonds is 3. The smallest absolute Gasteiger partial charge is 0.239 e. The molecule has 6 nitrogen and oxygen atoms in total. The molecule has 0 aromatic carbocycles. The van der Waals surface area contributed by atoms with Crippen molar-refractivity contribution in [3.8, 4) is 0 Å². The summed E-state index contributed by atoms with van der Waals surface area (Å²) in [4.78, 5) is 13.2. The molecular weight excluding hydrogens is 242 g/mol. The Kier molecular flexibility index (Phi) is 2.80. The first kappa shape index (κ1) is 12.2. The number of amides is 1. The monoisotopic (exact) mass is 261 g/mol. The maximum absolute atomic E-state index is 11.1. The van der Waals surface area contributed by atoms with Crippen LogP contribution >= 0.6 is 0 Å². The fraction of sp³-hybridized carbons (Fsp3) is 0.615. The highest BCUT2D eigenvalue weighted by molar-refractivity contribution is 5.81. The first-order chi connectivity index (χ1) is 9.10. The highest BCUT2D eigenvalue weighted by Gasteiger charge is 2.38. The zero-order valence-electron chi connectivity index (χ0n) is 11.1. The lowest BCUT2D eigenvalue weighted by atomic mass is 9.76. The molecule has 1 aromatic heterocycles. The fourth-order valence-corrected chi connectivity index (χ4v) is 3.33. The number of carbonyl (C=O) groups excluding carboxylic acids is 1. The van der Waals surface area contributed by atoms with Crippen molar-refractivity contribution in [3.05, 3.63) is 17.5 Å². The van der Waals surface area contributed by atoms with E-state index >= 15 is 0 Å². The Morgan fingerprint density at radius 2 is 2.42 bits per heavy atom. The van der Waals surface area contributed by atoms with Crippen LogP contribution < -0.4 is 5.73 Å². The summed E-state index contributed by atoms with van der Waals surface area (Å²) in [6.07, 6.45) is 3.81. The summed E-state index contributed by atoms with van der Waals surface area (Å²) in [7, 11) is 0. The van der Waals surface area contributed by atoms with Gasteiger partial charge in [0.2, 0.25) is 5.91 Å². The average molecular weight is 261 g/mol. The minimum Gasteiger partial charge on any atom is -0.368 e. The number of primary amides is 1. The van der Waals surface area contributed by atoms with Crippen molar-refractivity contribution in [2.75, 3.05) is 6.54 Å². The Hall–Kier alpha value is -1.85. The van der Waals surface area contributed by atoms with Crippen LogP contribution in [-0.2, 0) is 17.9 Å². The van der Waals surface area contributed by atoms with Crippen molar-refractivity contribution in [1.29, 1.82) is 5.41 Å². The van der Waals surface area contributed by atoms with Gasteiger partial charge < -0.3 is 10.6 Å². The number of nitrogens with one attached hydrogen (secondary N) is 1. The highest BCUT2D eigenvalue weighted by atomic mass is 16.1. The van der Waals surface area contributed by atoms with Gasteiger partial charge in [0.1, 0.15) is 6.54 Å². The van der Waals surface area contributed by atoms with Gasteiger partial charge in [-0.15, -0.1) is 0 Å². The lowest BCUT2D eigenvalue weighted by Gasteiger charge is -2.43. The maximum Gasteiger partial charge on any atom is 0.239 e. The van der Waals surface area contributed by atoms with E-state index in [9.17, 15) is 4.79 Å². The Morgan fingerprint density at radius 1 is 1.63 bits per heavy atom. The molecule has 2 aliphatic rings. The fourth-order valence-electron chi connectivity index (χ4n) is 3.33. The largest absolute Gasteiger partial charge is 0.368 e. The number of nitrogens with two attached hydrogens (primary N) is 1. The summed E-state index contributed by atoms with van der Waals surface area (Å²) in [6.45, 7) is 3.89. The average Bonchev–Trinajstić information content (AvgIpc) is 2.76. The third-order valence-electron chi connectivity index (χ3n) is 4.37. The summed E-state index contributed by atoms with van der Waals surface area (Å²) < 4.78 is 1.70. The molecule has 3 N–H and O–H groups in total. The van der Waals surface area contributed by atoms with Gasteiger partial charge in [-0.2, -0.15) is 5.10 Å². The molecule has 2 aliphatic heterocycles. The molecule has 0 aliphatic carbocycles. The SMILES string of the molecule is CCC1CC(=N)N2Cc3c(cnn3CC(N)=O)C1C2. The molecule has 0 spiro atoms. The lowest BCUT2D eigenvalue weighted by molar-refractivity contribution is -0.118. The van der Waals surface area contributed by atoms with E-state index in [1.807, 2.05) is 6.20 Å². The Labute approximate surface area is 112 Å². The first-order valence-corrected chi connectivity index (χ1v) is 6.75. The molecule has 6 heteroatoms. The van der Waals surface area contributed by atoms with E-state index in [-0.39, 0.29) is 12.5 Å². The number of amidine groups is 1. The van der Waals surface area contributed by atoms with Gasteiger partial charge in [-0.05, 0) is 5.92 Å². The number of hydrogen-bond donors (Lipinski definition) is 2. The molecular formula is C13H19N5O. The molecule has 19 heavy (non-hydrogen) atoms. The lowest BCUT2D eigenvalue weighted by Crippen LogP contribution is -2.46. The predicted molar refractivity (Wildman–Crippen MR) is 70.7 cm³/mol. The molecule has 102 valence electrons. The maximum atomic E-state index is 11.1. The van der Waals surface area contributed by atoms with Gasteiger partial charge in [0.15, 0.2) is 0 Å². The molecule has 1 aromatic rings. The molecule has 2 unspecified atom stereocenters. The molecule has 3 rings (SSSR count). The van der Waals surface area contributed by atoms with Crippen LogP contribution in [0.2, 0.25) is 0 Å². The van der Waals surface area contributed by atoms with Gasteiger partial charge >= 0.3 is 0 Å². The first-order valence-electron chi connectivity index (χ1n) is 6.75. The Balaban J connectivity index is 1.99. The quantitative estimate of drug-likeness (QED) is 0.838. The molecule has 1 saturated heterocycles. The normalized spacial score (nSPS) is 25.3. The van der Waals surface area contributed by atoms with Crippen LogP contribution in [0.15, 0.2) is 6.20 Å². The zero-order valence-corrected chi connectivity index (χ0v) is 11.1. The van der Waals surface area contributed by atoms with E-state index in [1.165, 1.54) is 5.56 Å². The van der Waals surface area contributed by atoms with Crippen molar-refractivity contribution in [3.63, 3.8) is 0 Å². The van der Waals surface area contributed by atoms with Gasteiger partial charge in [0.25, 0.3) is 0 Å². The van der Waals surface area contributed by atoms with E-state index in [0.717, 1.165) is 25.1 Å². The van der Waals surface area contributed by atoms with E-state index in [1.54, 1.807) is 4.68 Å². The summed E-state index contributed by atoms with van der Waals surface area (Å²) >= 11 is 0. The van der Waals surface area contributed by atoms with Crippen molar-refractivity contribution in [1.82, 2.24) is 14.7 Å². The number of carbonyl (C=O) groups is 1. The van der Waals surface area contributed by atoms with Crippen LogP contribution in [0.3, 0.4) is 0 Å². The second-order valence-electron chi connectivity index (χ2n) is 5.48. The molecule has 3 heterocycles. The van der Waals surface area contributed by atoms with Crippen LogP contribution in [0.25, 0.3) is 0 Å². The number of aromatic nitrogens is 2. The van der Waals surface area contributed by atoms with Crippen LogP contribution in [0.1, 0.15) is 36.9 Å². The topological polar surface area (TPSA) is 88.0 Å². The minimum atomic E-state index is -0.376. The van der Waals surface area contributed by atoms with Crippen LogP contribution in [0.4, 0.5) is 0 Å². The van der Waals surface area contributed by atoms with E-state index in [4.69, 9.17) is 11.1 Å². The third kappa shape index (κ3) is 1.91. The van der Waals surface area contributed by atoms with Crippen molar-refractivity contribution < 1.29 is 4.79 Å². The van der Waals surface area contributed by atoms with Gasteiger partial charge in [-0.3, -0.25) is 14.9 Å². The molecule has 0 saturated carbocycles. The molecule has 2 bridgehead atoms. The van der Waals surface area contributed by atoms with E-state index in [2.05, 4.69) is 16.9 Å². The van der Waals surface area contributed by atoms with Crippen LogP contribution in [0, 0.1) is 11.3 Å².